The topological polar surface area (TPSA) is 21.3 Å². The van der Waals surface area contributed by atoms with Crippen molar-refractivity contribution in [1.82, 2.24) is 4.57 Å². The van der Waals surface area contributed by atoms with Gasteiger partial charge >= 0.3 is 0 Å². The zero-order valence-corrected chi connectivity index (χ0v) is 33.2. The molecule has 0 N–H and O–H groups in total. The maximum Gasteiger partial charge on any atom is 0.136 e. The fraction of sp³-hybridized carbons (Fsp3) is 0. The first-order valence-electron chi connectivity index (χ1n) is 20.8. The molecular weight excluding hydrogens is 741 g/mol. The molecule has 0 radical (unpaired) electrons. The van der Waals surface area contributed by atoms with Crippen LogP contribution < -0.4 is 4.90 Å². The minimum absolute atomic E-state index is 0.881. The second kappa shape index (κ2) is 14.3. The average molecular weight is 779 g/mol. The third-order valence-electron chi connectivity index (χ3n) is 12.2. The monoisotopic (exact) mass is 778 g/mol. The molecule has 0 atom stereocenters. The standard InChI is InChI=1S/C58H38N2O/c1-2-15-46-41(13-1)14-11-20-47(46)42-29-27-39(28-30-42)40-31-33-43(34-32-40)59(44-35-37-45(38-36-44)60-54-23-8-3-16-48(54)49-17-4-9-24-55(49)60)53-22-7-5-18-50(53)51-21-12-26-57-58(51)52-19-6-10-25-56(52)61-57/h1-38H. The van der Waals surface area contributed by atoms with Gasteiger partial charge in [-0.05, 0) is 105 Å². The summed E-state index contributed by atoms with van der Waals surface area (Å²) in [6, 6.07) is 82.9. The van der Waals surface area contributed by atoms with Crippen molar-refractivity contribution in [2.45, 2.75) is 0 Å². The molecule has 12 rings (SSSR count). The zero-order valence-electron chi connectivity index (χ0n) is 33.2. The van der Waals surface area contributed by atoms with Gasteiger partial charge in [-0.3, -0.25) is 0 Å². The third-order valence-corrected chi connectivity index (χ3v) is 12.2. The summed E-state index contributed by atoms with van der Waals surface area (Å²) < 4.78 is 8.76. The van der Waals surface area contributed by atoms with Crippen LogP contribution in [0.2, 0.25) is 0 Å². The van der Waals surface area contributed by atoms with Gasteiger partial charge in [0.1, 0.15) is 11.2 Å². The van der Waals surface area contributed by atoms with E-state index >= 15 is 0 Å². The molecule has 0 aliphatic heterocycles. The molecule has 2 heterocycles. The van der Waals surface area contributed by atoms with E-state index in [1.54, 1.807) is 0 Å². The SMILES string of the molecule is c1ccc(N(c2ccc(-c3ccc(-c4cccc5ccccc45)cc3)cc2)c2ccc(-n3c4ccccc4c4ccccc43)cc2)c(-c2cccc3oc4ccccc4c23)c1. The van der Waals surface area contributed by atoms with Crippen molar-refractivity contribution >= 4 is 71.6 Å². The van der Waals surface area contributed by atoms with E-state index in [2.05, 4.69) is 234 Å². The highest BCUT2D eigenvalue weighted by molar-refractivity contribution is 6.14. The van der Waals surface area contributed by atoms with E-state index in [0.717, 1.165) is 61.4 Å². The number of fused-ring (bicyclic) bond motifs is 7. The smallest absolute Gasteiger partial charge is 0.136 e. The number of anilines is 3. The second-order valence-corrected chi connectivity index (χ2v) is 15.7. The summed E-state index contributed by atoms with van der Waals surface area (Å²) in [6.45, 7) is 0. The Morgan fingerprint density at radius 1 is 0.328 bits per heavy atom. The van der Waals surface area contributed by atoms with E-state index < -0.39 is 0 Å². The first kappa shape index (κ1) is 34.9. The van der Waals surface area contributed by atoms with Gasteiger partial charge in [0.15, 0.2) is 0 Å². The normalized spacial score (nSPS) is 11.6. The van der Waals surface area contributed by atoms with Crippen molar-refractivity contribution in [2.24, 2.45) is 0 Å². The number of hydrogen-bond donors (Lipinski definition) is 0. The molecule has 286 valence electrons. The van der Waals surface area contributed by atoms with E-state index in [9.17, 15) is 0 Å². The van der Waals surface area contributed by atoms with Crippen LogP contribution in [0.3, 0.4) is 0 Å². The third kappa shape index (κ3) is 5.82. The lowest BCUT2D eigenvalue weighted by molar-refractivity contribution is 0.669. The molecule has 10 aromatic carbocycles. The Morgan fingerprint density at radius 3 is 1.56 bits per heavy atom. The van der Waals surface area contributed by atoms with Crippen LogP contribution in [0.25, 0.3) is 93.6 Å². The summed E-state index contributed by atoms with van der Waals surface area (Å²) in [7, 11) is 0. The Bertz CT molecular complexity index is 3520. The maximum absolute atomic E-state index is 6.38. The molecular formula is C58H38N2O. The van der Waals surface area contributed by atoms with Crippen LogP contribution in [0.15, 0.2) is 235 Å². The largest absolute Gasteiger partial charge is 0.456 e. The summed E-state index contributed by atoms with van der Waals surface area (Å²) >= 11 is 0. The molecule has 0 spiro atoms. The van der Waals surface area contributed by atoms with Gasteiger partial charge in [0.2, 0.25) is 0 Å². The van der Waals surface area contributed by atoms with Crippen molar-refractivity contribution in [3.05, 3.63) is 231 Å². The number of para-hydroxylation sites is 4. The summed E-state index contributed by atoms with van der Waals surface area (Å²) in [5.41, 5.74) is 15.5. The molecule has 0 aliphatic rings. The zero-order chi connectivity index (χ0) is 40.3. The molecule has 0 aliphatic carbocycles. The van der Waals surface area contributed by atoms with Gasteiger partial charge in [-0.25, -0.2) is 0 Å². The average Bonchev–Trinajstić information content (AvgIpc) is 3.88. The van der Waals surface area contributed by atoms with E-state index in [1.807, 2.05) is 6.07 Å². The molecule has 61 heavy (non-hydrogen) atoms. The highest BCUT2D eigenvalue weighted by Crippen LogP contribution is 2.45. The molecule has 0 fully saturated rings. The maximum atomic E-state index is 6.38. The first-order chi connectivity index (χ1) is 30.3. The van der Waals surface area contributed by atoms with E-state index in [-0.39, 0.29) is 0 Å². The lowest BCUT2D eigenvalue weighted by Crippen LogP contribution is -2.11. The van der Waals surface area contributed by atoms with Gasteiger partial charge in [-0.2, -0.15) is 0 Å². The van der Waals surface area contributed by atoms with E-state index in [1.165, 1.54) is 49.3 Å². The van der Waals surface area contributed by atoms with Crippen molar-refractivity contribution < 1.29 is 4.42 Å². The molecule has 12 aromatic rings. The van der Waals surface area contributed by atoms with Crippen LogP contribution in [-0.2, 0) is 0 Å². The van der Waals surface area contributed by atoms with Gasteiger partial charge in [0, 0.05) is 44.2 Å². The number of furan rings is 1. The Kier molecular flexibility index (Phi) is 8.17. The Balaban J connectivity index is 0.982. The number of hydrogen-bond acceptors (Lipinski definition) is 2. The summed E-state index contributed by atoms with van der Waals surface area (Å²) in [5.74, 6) is 0. The predicted octanol–water partition coefficient (Wildman–Crippen LogP) is 16.3. The lowest BCUT2D eigenvalue weighted by Gasteiger charge is -2.28. The van der Waals surface area contributed by atoms with Crippen LogP contribution in [0, 0.1) is 0 Å². The summed E-state index contributed by atoms with van der Waals surface area (Å²) in [6.07, 6.45) is 0. The van der Waals surface area contributed by atoms with Gasteiger partial charge in [-0.1, -0.05) is 164 Å². The first-order valence-corrected chi connectivity index (χ1v) is 20.8. The highest BCUT2D eigenvalue weighted by Gasteiger charge is 2.21. The number of aromatic nitrogens is 1. The predicted molar refractivity (Wildman–Crippen MR) is 257 cm³/mol. The van der Waals surface area contributed by atoms with Crippen LogP contribution in [0.1, 0.15) is 0 Å². The minimum Gasteiger partial charge on any atom is -0.456 e. The van der Waals surface area contributed by atoms with Gasteiger partial charge in [0.25, 0.3) is 0 Å². The molecule has 0 amide bonds. The van der Waals surface area contributed by atoms with Crippen LogP contribution in [0.5, 0.6) is 0 Å². The second-order valence-electron chi connectivity index (χ2n) is 15.7. The van der Waals surface area contributed by atoms with E-state index in [0.29, 0.717) is 0 Å². The Morgan fingerprint density at radius 2 is 0.820 bits per heavy atom. The van der Waals surface area contributed by atoms with Gasteiger partial charge < -0.3 is 13.9 Å². The molecule has 3 heteroatoms. The van der Waals surface area contributed by atoms with Crippen molar-refractivity contribution in [2.75, 3.05) is 4.90 Å². The lowest BCUT2D eigenvalue weighted by atomic mass is 9.96. The molecule has 2 aromatic heterocycles. The van der Waals surface area contributed by atoms with Crippen LogP contribution in [0.4, 0.5) is 17.1 Å². The molecule has 0 bridgehead atoms. The fourth-order valence-corrected chi connectivity index (χ4v) is 9.40. The Hall–Kier alpha value is -8.14. The van der Waals surface area contributed by atoms with Crippen molar-refractivity contribution in [1.29, 1.82) is 0 Å². The molecule has 0 saturated carbocycles. The summed E-state index contributed by atoms with van der Waals surface area (Å²) in [4.78, 5) is 2.39. The van der Waals surface area contributed by atoms with Crippen molar-refractivity contribution in [3.63, 3.8) is 0 Å². The summed E-state index contributed by atoms with van der Waals surface area (Å²) in [5, 5.41) is 7.25. The number of rotatable bonds is 7. The van der Waals surface area contributed by atoms with Gasteiger partial charge in [-0.15, -0.1) is 0 Å². The molecule has 0 saturated heterocycles. The molecule has 0 unspecified atom stereocenters. The quantitative estimate of drug-likeness (QED) is 0.161. The van der Waals surface area contributed by atoms with Crippen LogP contribution in [-0.4, -0.2) is 4.57 Å². The number of nitrogens with zero attached hydrogens (tertiary/aromatic N) is 2. The minimum atomic E-state index is 0.881. The fourth-order valence-electron chi connectivity index (χ4n) is 9.40. The number of benzene rings is 10. The highest BCUT2D eigenvalue weighted by atomic mass is 16.3. The Labute approximate surface area is 353 Å². The van der Waals surface area contributed by atoms with Crippen LogP contribution >= 0.6 is 0 Å². The molecule has 3 nitrogen and oxygen atoms in total. The van der Waals surface area contributed by atoms with E-state index in [4.69, 9.17) is 4.42 Å². The van der Waals surface area contributed by atoms with Crippen molar-refractivity contribution in [3.8, 4) is 39.1 Å². The van der Waals surface area contributed by atoms with Gasteiger partial charge in [0.05, 0.1) is 16.7 Å².